The molecule has 0 aliphatic carbocycles. The summed E-state index contributed by atoms with van der Waals surface area (Å²) in [5.74, 6) is 0. The first-order valence-electron chi connectivity index (χ1n) is 4.95. The normalized spacial score (nSPS) is 10.6. The molecule has 1 N–H and O–H groups in total. The molecule has 3 heteroatoms. The summed E-state index contributed by atoms with van der Waals surface area (Å²) >= 11 is 5.99. The number of para-hydroxylation sites is 1. The highest BCUT2D eigenvalue weighted by molar-refractivity contribution is 6.33. The van der Waals surface area contributed by atoms with Crippen molar-refractivity contribution in [1.82, 2.24) is 0 Å². The Hall–Kier alpha value is -1.80. The molecule has 0 atom stereocenters. The smallest absolute Gasteiger partial charge is 0.0561 e. The van der Waals surface area contributed by atoms with Crippen LogP contribution in [0.5, 0.6) is 0 Å². The van der Waals surface area contributed by atoms with Crippen molar-refractivity contribution in [3.63, 3.8) is 0 Å². The van der Waals surface area contributed by atoms with Gasteiger partial charge < -0.3 is 0 Å². The molecule has 0 aromatic heterocycles. The first-order chi connectivity index (χ1) is 7.86. The van der Waals surface area contributed by atoms with Crippen molar-refractivity contribution < 1.29 is 0 Å². The van der Waals surface area contributed by atoms with E-state index in [0.717, 1.165) is 11.3 Å². The third-order valence-electron chi connectivity index (χ3n) is 2.08. The Morgan fingerprint density at radius 1 is 0.938 bits per heavy atom. The molecule has 0 saturated heterocycles. The molecule has 2 aromatic carbocycles. The van der Waals surface area contributed by atoms with Crippen LogP contribution in [-0.2, 0) is 0 Å². The van der Waals surface area contributed by atoms with Gasteiger partial charge in [-0.05, 0) is 18.2 Å². The lowest BCUT2D eigenvalue weighted by Gasteiger charge is -1.99. The van der Waals surface area contributed by atoms with Crippen molar-refractivity contribution in [2.75, 3.05) is 5.43 Å². The van der Waals surface area contributed by atoms with Crippen molar-refractivity contribution >= 4 is 23.5 Å². The summed E-state index contributed by atoms with van der Waals surface area (Å²) in [6.45, 7) is 0. The van der Waals surface area contributed by atoms with Gasteiger partial charge in [-0.2, -0.15) is 5.10 Å². The molecule has 0 radical (unpaired) electrons. The fourth-order valence-corrected chi connectivity index (χ4v) is 1.45. The van der Waals surface area contributed by atoms with E-state index in [9.17, 15) is 0 Å². The van der Waals surface area contributed by atoms with Crippen LogP contribution in [0.15, 0.2) is 59.7 Å². The molecule has 16 heavy (non-hydrogen) atoms. The van der Waals surface area contributed by atoms with Gasteiger partial charge in [-0.15, -0.1) is 0 Å². The van der Waals surface area contributed by atoms with Crippen LogP contribution in [0.1, 0.15) is 5.56 Å². The van der Waals surface area contributed by atoms with Gasteiger partial charge in [-0.1, -0.05) is 48.0 Å². The molecule has 0 unspecified atom stereocenters. The molecule has 80 valence electrons. The number of nitrogens with one attached hydrogen (secondary N) is 1. The van der Waals surface area contributed by atoms with Crippen LogP contribution >= 0.6 is 11.6 Å². The van der Waals surface area contributed by atoms with Crippen LogP contribution in [0.2, 0.25) is 5.02 Å². The maximum absolute atomic E-state index is 5.99. The number of anilines is 1. The van der Waals surface area contributed by atoms with Crippen molar-refractivity contribution in [3.8, 4) is 0 Å². The summed E-state index contributed by atoms with van der Waals surface area (Å²) in [4.78, 5) is 0. The number of rotatable bonds is 3. The van der Waals surface area contributed by atoms with Crippen LogP contribution in [-0.4, -0.2) is 6.21 Å². The van der Waals surface area contributed by atoms with Crippen LogP contribution < -0.4 is 5.43 Å². The van der Waals surface area contributed by atoms with Crippen molar-refractivity contribution in [1.29, 1.82) is 0 Å². The van der Waals surface area contributed by atoms with Gasteiger partial charge in [0.2, 0.25) is 0 Å². The van der Waals surface area contributed by atoms with Crippen LogP contribution in [0.25, 0.3) is 0 Å². The number of hydrazone groups is 1. The van der Waals surface area contributed by atoms with Gasteiger partial charge in [0.1, 0.15) is 0 Å². The van der Waals surface area contributed by atoms with Crippen molar-refractivity contribution in [2.45, 2.75) is 0 Å². The molecule has 0 spiro atoms. The van der Waals surface area contributed by atoms with E-state index in [1.165, 1.54) is 0 Å². The summed E-state index contributed by atoms with van der Waals surface area (Å²) in [7, 11) is 0. The molecule has 0 bridgehead atoms. The van der Waals surface area contributed by atoms with Crippen LogP contribution in [0.3, 0.4) is 0 Å². The Balaban J connectivity index is 2.03. The average molecular weight is 231 g/mol. The molecule has 0 heterocycles. The van der Waals surface area contributed by atoms with E-state index in [4.69, 9.17) is 11.6 Å². The number of nitrogens with zero attached hydrogens (tertiary/aromatic N) is 1. The maximum atomic E-state index is 5.99. The van der Waals surface area contributed by atoms with Gasteiger partial charge in [-0.25, -0.2) is 0 Å². The summed E-state index contributed by atoms with van der Waals surface area (Å²) in [6, 6.07) is 17.3. The number of hydrogen-bond donors (Lipinski definition) is 1. The zero-order valence-electron chi connectivity index (χ0n) is 8.60. The lowest BCUT2D eigenvalue weighted by molar-refractivity contribution is 1.35. The fraction of sp³-hybridized carbons (Fsp3) is 0. The summed E-state index contributed by atoms with van der Waals surface area (Å²) in [5.41, 5.74) is 4.78. The Labute approximate surface area is 99.6 Å². The third kappa shape index (κ3) is 2.84. The van der Waals surface area contributed by atoms with Gasteiger partial charge in [0.25, 0.3) is 0 Å². The lowest BCUT2D eigenvalue weighted by atomic mass is 10.2. The highest BCUT2D eigenvalue weighted by Gasteiger charge is 1.93. The number of halogens is 1. The predicted molar refractivity (Wildman–Crippen MR) is 69.1 cm³/mol. The zero-order valence-corrected chi connectivity index (χ0v) is 9.35. The van der Waals surface area contributed by atoms with E-state index in [1.54, 1.807) is 6.21 Å². The van der Waals surface area contributed by atoms with Gasteiger partial charge in [-0.3, -0.25) is 5.43 Å². The largest absolute Gasteiger partial charge is 0.279 e. The second-order valence-corrected chi connectivity index (χ2v) is 3.66. The summed E-state index contributed by atoms with van der Waals surface area (Å²) in [6.07, 6.45) is 1.70. The molecule has 2 nitrogen and oxygen atoms in total. The first kappa shape index (κ1) is 10.7. The minimum atomic E-state index is 0.695. The first-order valence-corrected chi connectivity index (χ1v) is 5.33. The van der Waals surface area contributed by atoms with Gasteiger partial charge in [0.15, 0.2) is 0 Å². The quantitative estimate of drug-likeness (QED) is 0.630. The standard InChI is InChI=1S/C13H11ClN2/c14-13-9-5-4-6-11(13)10-15-16-12-7-2-1-3-8-12/h1-10,16H/b15-10-. The molecule has 0 saturated carbocycles. The fourth-order valence-electron chi connectivity index (χ4n) is 1.27. The Morgan fingerprint density at radius 3 is 2.38 bits per heavy atom. The predicted octanol–water partition coefficient (Wildman–Crippen LogP) is 3.79. The molecule has 2 aromatic rings. The molecule has 0 amide bonds. The zero-order chi connectivity index (χ0) is 11.2. The van der Waals surface area contributed by atoms with Gasteiger partial charge >= 0.3 is 0 Å². The average Bonchev–Trinajstić information content (AvgIpc) is 2.33. The Morgan fingerprint density at radius 2 is 1.62 bits per heavy atom. The number of hydrogen-bond acceptors (Lipinski definition) is 2. The Bertz CT molecular complexity index is 480. The Kier molecular flexibility index (Phi) is 3.57. The van der Waals surface area contributed by atoms with Gasteiger partial charge in [0.05, 0.1) is 11.9 Å². The monoisotopic (exact) mass is 230 g/mol. The molecule has 0 aliphatic heterocycles. The maximum Gasteiger partial charge on any atom is 0.0561 e. The van der Waals surface area contributed by atoms with Crippen LogP contribution in [0.4, 0.5) is 5.69 Å². The van der Waals surface area contributed by atoms with Crippen molar-refractivity contribution in [3.05, 3.63) is 65.2 Å². The summed E-state index contributed by atoms with van der Waals surface area (Å²) in [5, 5.41) is 4.81. The number of benzene rings is 2. The minimum absolute atomic E-state index is 0.695. The van der Waals surface area contributed by atoms with E-state index < -0.39 is 0 Å². The lowest BCUT2D eigenvalue weighted by Crippen LogP contribution is -1.90. The summed E-state index contributed by atoms with van der Waals surface area (Å²) < 4.78 is 0. The minimum Gasteiger partial charge on any atom is -0.279 e. The second kappa shape index (κ2) is 5.33. The highest BCUT2D eigenvalue weighted by Crippen LogP contribution is 2.12. The molecule has 2 rings (SSSR count). The second-order valence-electron chi connectivity index (χ2n) is 3.26. The van der Waals surface area contributed by atoms with E-state index in [1.807, 2.05) is 54.6 Å². The van der Waals surface area contributed by atoms with Crippen molar-refractivity contribution in [2.24, 2.45) is 5.10 Å². The van der Waals surface area contributed by atoms with E-state index >= 15 is 0 Å². The molecule has 0 aliphatic rings. The van der Waals surface area contributed by atoms with Gasteiger partial charge in [0, 0.05) is 10.6 Å². The van der Waals surface area contributed by atoms with E-state index in [2.05, 4.69) is 10.5 Å². The third-order valence-corrected chi connectivity index (χ3v) is 2.42. The van der Waals surface area contributed by atoms with Crippen LogP contribution in [0, 0.1) is 0 Å². The molecular weight excluding hydrogens is 220 g/mol. The molecule has 0 fully saturated rings. The SMILES string of the molecule is Clc1ccccc1/C=N\Nc1ccccc1. The highest BCUT2D eigenvalue weighted by atomic mass is 35.5. The van der Waals surface area contributed by atoms with E-state index in [-0.39, 0.29) is 0 Å². The van der Waals surface area contributed by atoms with E-state index in [0.29, 0.717) is 5.02 Å². The molecular formula is C13H11ClN2. The topological polar surface area (TPSA) is 24.4 Å².